The number of carbonyl (C=O) groups is 2. The molecule has 0 saturated carbocycles. The minimum Gasteiger partial charge on any atom is -0.494 e. The molecular weight excluding hydrogens is 400 g/mol. The second-order valence-corrected chi connectivity index (χ2v) is 7.45. The molecule has 0 aliphatic rings. The van der Waals surface area contributed by atoms with Gasteiger partial charge < -0.3 is 20.7 Å². The van der Waals surface area contributed by atoms with Gasteiger partial charge in [0.25, 0.3) is 0 Å². The van der Waals surface area contributed by atoms with Crippen molar-refractivity contribution in [3.63, 3.8) is 0 Å². The SMILES string of the molecule is CCC(=O)Nc1nc2c(OC)cc(NC(=O)Nc3cc(Cl)ccc3C)cc2s1. The van der Waals surface area contributed by atoms with Crippen LogP contribution in [0.3, 0.4) is 0 Å². The van der Waals surface area contributed by atoms with Crippen molar-refractivity contribution in [2.75, 3.05) is 23.1 Å². The van der Waals surface area contributed by atoms with Crippen LogP contribution in [0.25, 0.3) is 10.2 Å². The number of methoxy groups -OCH3 is 1. The van der Waals surface area contributed by atoms with E-state index in [1.165, 1.54) is 18.4 Å². The van der Waals surface area contributed by atoms with Crippen LogP contribution in [0, 0.1) is 6.92 Å². The van der Waals surface area contributed by atoms with Crippen LogP contribution in [-0.4, -0.2) is 24.0 Å². The summed E-state index contributed by atoms with van der Waals surface area (Å²) in [6.07, 6.45) is 0.364. The molecule has 3 N–H and O–H groups in total. The van der Waals surface area contributed by atoms with Gasteiger partial charge in [-0.05, 0) is 30.7 Å². The Morgan fingerprint density at radius 2 is 1.96 bits per heavy atom. The summed E-state index contributed by atoms with van der Waals surface area (Å²) >= 11 is 7.30. The van der Waals surface area contributed by atoms with Gasteiger partial charge in [-0.25, -0.2) is 9.78 Å². The van der Waals surface area contributed by atoms with Crippen molar-refractivity contribution in [3.8, 4) is 5.75 Å². The van der Waals surface area contributed by atoms with Gasteiger partial charge in [0.2, 0.25) is 5.91 Å². The molecule has 0 spiro atoms. The molecule has 0 saturated heterocycles. The molecule has 0 atom stereocenters. The maximum atomic E-state index is 12.4. The quantitative estimate of drug-likeness (QED) is 0.527. The summed E-state index contributed by atoms with van der Waals surface area (Å²) in [6, 6.07) is 8.33. The van der Waals surface area contributed by atoms with Gasteiger partial charge >= 0.3 is 6.03 Å². The number of benzene rings is 2. The van der Waals surface area contributed by atoms with Gasteiger partial charge in [0, 0.05) is 28.9 Å². The van der Waals surface area contributed by atoms with Crippen LogP contribution < -0.4 is 20.7 Å². The largest absolute Gasteiger partial charge is 0.494 e. The lowest BCUT2D eigenvalue weighted by atomic mass is 10.2. The Morgan fingerprint density at radius 1 is 1.18 bits per heavy atom. The summed E-state index contributed by atoms with van der Waals surface area (Å²) in [5.41, 5.74) is 2.68. The van der Waals surface area contributed by atoms with Crippen molar-refractivity contribution in [1.29, 1.82) is 0 Å². The average Bonchev–Trinajstić information content (AvgIpc) is 3.06. The van der Waals surface area contributed by atoms with Crippen LogP contribution in [0.2, 0.25) is 5.02 Å². The maximum absolute atomic E-state index is 12.4. The van der Waals surface area contributed by atoms with Gasteiger partial charge in [-0.1, -0.05) is 35.9 Å². The zero-order valence-corrected chi connectivity index (χ0v) is 17.1. The fourth-order valence-corrected chi connectivity index (χ4v) is 3.61. The number of anilines is 3. The first-order valence-corrected chi connectivity index (χ1v) is 9.71. The first kappa shape index (κ1) is 19.9. The number of aromatic nitrogens is 1. The molecular formula is C19H19ClN4O3S. The molecule has 1 heterocycles. The summed E-state index contributed by atoms with van der Waals surface area (Å²) in [5, 5.41) is 9.32. The molecule has 0 fully saturated rings. The van der Waals surface area contributed by atoms with E-state index in [2.05, 4.69) is 20.9 Å². The Kier molecular flexibility index (Phi) is 6.01. The van der Waals surface area contributed by atoms with Crippen molar-refractivity contribution in [2.24, 2.45) is 0 Å². The standard InChI is InChI=1S/C19H19ClN4O3S/c1-4-16(25)23-19-24-17-14(27-3)8-12(9-15(17)28-19)21-18(26)22-13-7-11(20)6-5-10(13)2/h5-9H,4H2,1-3H3,(H2,21,22,26)(H,23,24,25). The third-order valence-electron chi connectivity index (χ3n) is 3.95. The third-order valence-corrected chi connectivity index (χ3v) is 5.11. The van der Waals surface area contributed by atoms with Crippen LogP contribution in [0.1, 0.15) is 18.9 Å². The predicted octanol–water partition coefficient (Wildman–Crippen LogP) is 5.26. The fraction of sp³-hybridized carbons (Fsp3) is 0.211. The van der Waals surface area contributed by atoms with Crippen LogP contribution in [0.5, 0.6) is 5.75 Å². The summed E-state index contributed by atoms with van der Waals surface area (Å²) in [5.74, 6) is 0.382. The van der Waals surface area contributed by atoms with Crippen molar-refractivity contribution >= 4 is 61.6 Å². The number of nitrogens with one attached hydrogen (secondary N) is 3. The van der Waals surface area contributed by atoms with E-state index in [-0.39, 0.29) is 5.91 Å². The molecule has 0 radical (unpaired) electrons. The maximum Gasteiger partial charge on any atom is 0.323 e. The third kappa shape index (κ3) is 4.52. The topological polar surface area (TPSA) is 92.3 Å². The summed E-state index contributed by atoms with van der Waals surface area (Å²) in [4.78, 5) is 28.4. The Hall–Kier alpha value is -2.84. The van der Waals surface area contributed by atoms with Crippen molar-refractivity contribution in [3.05, 3.63) is 40.9 Å². The molecule has 0 bridgehead atoms. The minimum absolute atomic E-state index is 0.118. The molecule has 0 unspecified atom stereocenters. The van der Waals surface area contributed by atoms with Gasteiger partial charge in [0.1, 0.15) is 11.3 Å². The molecule has 9 heteroatoms. The number of thiazole rings is 1. The van der Waals surface area contributed by atoms with Crippen molar-refractivity contribution < 1.29 is 14.3 Å². The Labute approximate surface area is 171 Å². The van der Waals surface area contributed by atoms with E-state index >= 15 is 0 Å². The van der Waals surface area contributed by atoms with Gasteiger partial charge in [0.05, 0.1) is 11.8 Å². The normalized spacial score (nSPS) is 10.6. The second kappa shape index (κ2) is 8.45. The number of hydrogen-bond acceptors (Lipinski definition) is 5. The highest BCUT2D eigenvalue weighted by molar-refractivity contribution is 7.22. The number of amides is 3. The number of urea groups is 1. The zero-order chi connectivity index (χ0) is 20.3. The van der Waals surface area contributed by atoms with Crippen molar-refractivity contribution in [1.82, 2.24) is 4.98 Å². The summed E-state index contributed by atoms with van der Waals surface area (Å²) in [6.45, 7) is 3.65. The lowest BCUT2D eigenvalue weighted by Crippen LogP contribution is -2.20. The molecule has 7 nitrogen and oxygen atoms in total. The van der Waals surface area contributed by atoms with E-state index in [0.717, 1.165) is 10.3 Å². The molecule has 0 aliphatic heterocycles. The van der Waals surface area contributed by atoms with E-state index in [1.54, 1.807) is 31.2 Å². The fourth-order valence-electron chi connectivity index (χ4n) is 2.50. The summed E-state index contributed by atoms with van der Waals surface area (Å²) < 4.78 is 6.17. The van der Waals surface area contributed by atoms with E-state index in [0.29, 0.717) is 39.2 Å². The van der Waals surface area contributed by atoms with E-state index in [9.17, 15) is 9.59 Å². The average molecular weight is 419 g/mol. The predicted molar refractivity (Wildman–Crippen MR) is 114 cm³/mol. The van der Waals surface area contributed by atoms with Gasteiger partial charge in [-0.2, -0.15) is 0 Å². The van der Waals surface area contributed by atoms with Crippen LogP contribution >= 0.6 is 22.9 Å². The van der Waals surface area contributed by atoms with Gasteiger partial charge in [0.15, 0.2) is 5.13 Å². The molecule has 3 aromatic rings. The van der Waals surface area contributed by atoms with Crippen LogP contribution in [-0.2, 0) is 4.79 Å². The molecule has 3 amide bonds. The monoisotopic (exact) mass is 418 g/mol. The number of carbonyl (C=O) groups excluding carboxylic acids is 2. The molecule has 2 aromatic carbocycles. The number of ether oxygens (including phenoxy) is 1. The molecule has 3 rings (SSSR count). The number of rotatable bonds is 5. The second-order valence-electron chi connectivity index (χ2n) is 5.98. The molecule has 1 aromatic heterocycles. The zero-order valence-electron chi connectivity index (χ0n) is 15.6. The van der Waals surface area contributed by atoms with E-state index in [1.807, 2.05) is 13.0 Å². The van der Waals surface area contributed by atoms with Crippen molar-refractivity contribution in [2.45, 2.75) is 20.3 Å². The van der Waals surface area contributed by atoms with E-state index in [4.69, 9.17) is 16.3 Å². The first-order chi connectivity index (χ1) is 13.4. The van der Waals surface area contributed by atoms with Gasteiger partial charge in [-0.3, -0.25) is 4.79 Å². The first-order valence-electron chi connectivity index (χ1n) is 8.52. The highest BCUT2D eigenvalue weighted by Gasteiger charge is 2.14. The molecule has 146 valence electrons. The summed E-state index contributed by atoms with van der Waals surface area (Å²) in [7, 11) is 1.53. The number of hydrogen-bond donors (Lipinski definition) is 3. The Balaban J connectivity index is 1.83. The number of aryl methyl sites for hydroxylation is 1. The lowest BCUT2D eigenvalue weighted by molar-refractivity contribution is -0.115. The number of fused-ring (bicyclic) bond motifs is 1. The molecule has 0 aliphatic carbocycles. The highest BCUT2D eigenvalue weighted by atomic mass is 35.5. The Bertz CT molecular complexity index is 1050. The smallest absolute Gasteiger partial charge is 0.323 e. The van der Waals surface area contributed by atoms with Crippen LogP contribution in [0.4, 0.5) is 21.3 Å². The number of nitrogens with zero attached hydrogens (tertiary/aromatic N) is 1. The molecule has 28 heavy (non-hydrogen) atoms. The minimum atomic E-state index is -0.407. The van der Waals surface area contributed by atoms with E-state index < -0.39 is 6.03 Å². The van der Waals surface area contributed by atoms with Crippen LogP contribution in [0.15, 0.2) is 30.3 Å². The lowest BCUT2D eigenvalue weighted by Gasteiger charge is -2.11. The van der Waals surface area contributed by atoms with Gasteiger partial charge in [-0.15, -0.1) is 0 Å². The highest BCUT2D eigenvalue weighted by Crippen LogP contribution is 2.35. The Morgan fingerprint density at radius 3 is 2.68 bits per heavy atom. The number of halogens is 1.